The van der Waals surface area contributed by atoms with Gasteiger partial charge in [0, 0.05) is 27.2 Å². The van der Waals surface area contributed by atoms with Crippen LogP contribution >= 0.6 is 22.7 Å². The number of rotatable bonds is 4. The molecule has 0 aromatic carbocycles. The zero-order chi connectivity index (χ0) is 14.8. The summed E-state index contributed by atoms with van der Waals surface area (Å²) in [5.74, 6) is 0.449. The number of carbonyl (C=O) groups excluding carboxylic acids is 1. The Bertz CT molecular complexity index is 598. The standard InChI is InChI=1S/C14H19N3O2S2/c1-17(2)14-16-13-11(21-14)6-10(20-13)12(18)15-7-9-4-3-5-19-8-9/h6,9H,3-5,7-8H2,1-2H3,(H,15,18). The number of hydrogen-bond acceptors (Lipinski definition) is 6. The molecule has 1 atom stereocenters. The molecule has 1 fully saturated rings. The fraction of sp³-hybridized carbons (Fsp3) is 0.571. The number of carbonyl (C=O) groups is 1. The van der Waals surface area contributed by atoms with E-state index in [1.807, 2.05) is 25.1 Å². The van der Waals surface area contributed by atoms with E-state index in [0.717, 1.165) is 45.6 Å². The molecule has 1 amide bonds. The van der Waals surface area contributed by atoms with Gasteiger partial charge < -0.3 is 15.0 Å². The highest BCUT2D eigenvalue weighted by Crippen LogP contribution is 2.33. The minimum Gasteiger partial charge on any atom is -0.381 e. The lowest BCUT2D eigenvalue weighted by molar-refractivity contribution is 0.0536. The van der Waals surface area contributed by atoms with Crippen LogP contribution < -0.4 is 10.2 Å². The Morgan fingerprint density at radius 3 is 3.05 bits per heavy atom. The Hall–Kier alpha value is -1.18. The maximum absolute atomic E-state index is 12.2. The molecule has 1 unspecified atom stereocenters. The minimum absolute atomic E-state index is 0.00202. The lowest BCUT2D eigenvalue weighted by Crippen LogP contribution is -2.32. The molecule has 1 aliphatic heterocycles. The normalized spacial score (nSPS) is 18.9. The van der Waals surface area contributed by atoms with Crippen LogP contribution in [-0.4, -0.2) is 44.7 Å². The third kappa shape index (κ3) is 3.36. The van der Waals surface area contributed by atoms with E-state index in [-0.39, 0.29) is 5.91 Å². The Labute approximate surface area is 131 Å². The first-order chi connectivity index (χ1) is 10.1. The van der Waals surface area contributed by atoms with Gasteiger partial charge in [-0.2, -0.15) is 0 Å². The predicted molar refractivity (Wildman–Crippen MR) is 87.7 cm³/mol. The Morgan fingerprint density at radius 1 is 1.52 bits per heavy atom. The van der Waals surface area contributed by atoms with Gasteiger partial charge in [-0.3, -0.25) is 4.79 Å². The van der Waals surface area contributed by atoms with Crippen molar-refractivity contribution in [1.82, 2.24) is 10.3 Å². The molecular formula is C14H19N3O2S2. The molecule has 114 valence electrons. The van der Waals surface area contributed by atoms with Crippen molar-refractivity contribution in [3.05, 3.63) is 10.9 Å². The number of aromatic nitrogens is 1. The largest absolute Gasteiger partial charge is 0.381 e. The molecule has 7 heteroatoms. The van der Waals surface area contributed by atoms with Crippen LogP contribution in [0.2, 0.25) is 0 Å². The quantitative estimate of drug-likeness (QED) is 0.939. The van der Waals surface area contributed by atoms with Gasteiger partial charge in [0.15, 0.2) is 5.13 Å². The number of hydrogen-bond donors (Lipinski definition) is 1. The van der Waals surface area contributed by atoms with Gasteiger partial charge in [-0.25, -0.2) is 4.98 Å². The molecule has 1 saturated heterocycles. The highest BCUT2D eigenvalue weighted by molar-refractivity contribution is 7.29. The molecule has 3 heterocycles. The Morgan fingerprint density at radius 2 is 2.38 bits per heavy atom. The van der Waals surface area contributed by atoms with Gasteiger partial charge in [0.05, 0.1) is 16.2 Å². The van der Waals surface area contributed by atoms with E-state index >= 15 is 0 Å². The fourth-order valence-electron chi connectivity index (χ4n) is 2.32. The van der Waals surface area contributed by atoms with Crippen LogP contribution in [0.3, 0.4) is 0 Å². The summed E-state index contributed by atoms with van der Waals surface area (Å²) >= 11 is 3.07. The molecule has 0 bridgehead atoms. The molecular weight excluding hydrogens is 306 g/mol. The summed E-state index contributed by atoms with van der Waals surface area (Å²) < 4.78 is 6.51. The predicted octanol–water partition coefficient (Wildman–Crippen LogP) is 2.58. The van der Waals surface area contributed by atoms with Gasteiger partial charge >= 0.3 is 0 Å². The first-order valence-corrected chi connectivity index (χ1v) is 8.70. The number of thiazole rings is 1. The first-order valence-electron chi connectivity index (χ1n) is 7.07. The summed E-state index contributed by atoms with van der Waals surface area (Å²) in [6.07, 6.45) is 2.22. The van der Waals surface area contributed by atoms with Crippen molar-refractivity contribution >= 4 is 43.2 Å². The SMILES string of the molecule is CN(C)c1nc2sc(C(=O)NCC3CCCOC3)cc2s1. The maximum atomic E-state index is 12.2. The molecule has 0 aliphatic carbocycles. The van der Waals surface area contributed by atoms with Gasteiger partial charge in [0.25, 0.3) is 5.91 Å². The molecule has 1 N–H and O–H groups in total. The smallest absolute Gasteiger partial charge is 0.261 e. The lowest BCUT2D eigenvalue weighted by atomic mass is 10.0. The molecule has 2 aromatic rings. The van der Waals surface area contributed by atoms with Crippen molar-refractivity contribution in [3.63, 3.8) is 0 Å². The van der Waals surface area contributed by atoms with E-state index in [0.29, 0.717) is 12.5 Å². The third-order valence-electron chi connectivity index (χ3n) is 3.49. The summed E-state index contributed by atoms with van der Waals surface area (Å²) in [6.45, 7) is 2.31. The lowest BCUT2D eigenvalue weighted by Gasteiger charge is -2.21. The van der Waals surface area contributed by atoms with Gasteiger partial charge in [0.2, 0.25) is 0 Å². The maximum Gasteiger partial charge on any atom is 0.261 e. The summed E-state index contributed by atoms with van der Waals surface area (Å²) in [7, 11) is 3.95. The van der Waals surface area contributed by atoms with E-state index in [1.165, 1.54) is 11.3 Å². The van der Waals surface area contributed by atoms with E-state index < -0.39 is 0 Å². The molecule has 21 heavy (non-hydrogen) atoms. The Kier molecular flexibility index (Phi) is 4.42. The second kappa shape index (κ2) is 6.29. The number of fused-ring (bicyclic) bond motifs is 1. The summed E-state index contributed by atoms with van der Waals surface area (Å²) in [4.78, 5) is 20.4. The van der Waals surface area contributed by atoms with Crippen molar-refractivity contribution in [2.24, 2.45) is 5.92 Å². The number of anilines is 1. The van der Waals surface area contributed by atoms with E-state index in [4.69, 9.17) is 4.74 Å². The monoisotopic (exact) mass is 325 g/mol. The molecule has 0 spiro atoms. The van der Waals surface area contributed by atoms with Crippen molar-refractivity contribution < 1.29 is 9.53 Å². The van der Waals surface area contributed by atoms with Gasteiger partial charge in [-0.1, -0.05) is 11.3 Å². The molecule has 3 rings (SSSR count). The average Bonchev–Trinajstić information content (AvgIpc) is 3.04. The van der Waals surface area contributed by atoms with Crippen molar-refractivity contribution in [2.75, 3.05) is 38.8 Å². The van der Waals surface area contributed by atoms with E-state index in [9.17, 15) is 4.79 Å². The number of nitrogens with one attached hydrogen (secondary N) is 1. The van der Waals surface area contributed by atoms with Gasteiger partial charge in [-0.15, -0.1) is 11.3 Å². The summed E-state index contributed by atoms with van der Waals surface area (Å²) in [5.41, 5.74) is 0. The zero-order valence-electron chi connectivity index (χ0n) is 12.2. The molecule has 5 nitrogen and oxygen atoms in total. The third-order valence-corrected chi connectivity index (χ3v) is 5.82. The molecule has 2 aromatic heterocycles. The second-order valence-corrected chi connectivity index (χ2v) is 7.50. The second-order valence-electron chi connectivity index (χ2n) is 5.46. The topological polar surface area (TPSA) is 54.5 Å². The number of thiophene rings is 1. The minimum atomic E-state index is 0.00202. The first kappa shape index (κ1) is 14.7. The highest BCUT2D eigenvalue weighted by atomic mass is 32.1. The number of ether oxygens (including phenoxy) is 1. The van der Waals surface area contributed by atoms with Gasteiger partial charge in [0.1, 0.15) is 4.83 Å². The van der Waals surface area contributed by atoms with Crippen LogP contribution in [0.4, 0.5) is 5.13 Å². The van der Waals surface area contributed by atoms with Gasteiger partial charge in [-0.05, 0) is 24.8 Å². The van der Waals surface area contributed by atoms with Crippen LogP contribution in [0.1, 0.15) is 22.5 Å². The number of nitrogens with zero attached hydrogens (tertiary/aromatic N) is 2. The van der Waals surface area contributed by atoms with Crippen molar-refractivity contribution in [2.45, 2.75) is 12.8 Å². The zero-order valence-corrected chi connectivity index (χ0v) is 13.9. The molecule has 1 aliphatic rings. The van der Waals surface area contributed by atoms with Crippen LogP contribution in [0.25, 0.3) is 9.53 Å². The summed E-state index contributed by atoms with van der Waals surface area (Å²) in [5, 5.41) is 3.99. The fourth-order valence-corrected chi connectivity index (χ4v) is 4.37. The van der Waals surface area contributed by atoms with Crippen LogP contribution in [-0.2, 0) is 4.74 Å². The van der Waals surface area contributed by atoms with Crippen molar-refractivity contribution in [3.8, 4) is 0 Å². The van der Waals surface area contributed by atoms with Crippen LogP contribution in [0.5, 0.6) is 0 Å². The average molecular weight is 325 g/mol. The van der Waals surface area contributed by atoms with Crippen LogP contribution in [0.15, 0.2) is 6.07 Å². The Balaban J connectivity index is 1.62. The molecule has 0 radical (unpaired) electrons. The van der Waals surface area contributed by atoms with Crippen molar-refractivity contribution in [1.29, 1.82) is 0 Å². The van der Waals surface area contributed by atoms with Crippen LogP contribution in [0, 0.1) is 5.92 Å². The number of amides is 1. The molecule has 0 saturated carbocycles. The summed E-state index contributed by atoms with van der Waals surface area (Å²) in [6, 6.07) is 1.94. The van der Waals surface area contributed by atoms with E-state index in [1.54, 1.807) is 11.3 Å². The highest BCUT2D eigenvalue weighted by Gasteiger charge is 2.18. The van der Waals surface area contributed by atoms with E-state index in [2.05, 4.69) is 10.3 Å².